The molecule has 100 heavy (non-hydrogen) atoms. The van der Waals surface area contributed by atoms with Crippen molar-refractivity contribution < 1.29 is 109 Å². The first-order valence-electron chi connectivity index (χ1n) is 30.0. The van der Waals surface area contributed by atoms with Gasteiger partial charge in [0.2, 0.25) is 0 Å². The van der Waals surface area contributed by atoms with E-state index in [4.69, 9.17) is 57.2 Å². The van der Waals surface area contributed by atoms with Crippen molar-refractivity contribution in [2.75, 3.05) is 144 Å². The number of fused-ring (bicyclic) bond motifs is 2. The number of para-hydroxylation sites is 4. The standard InChI is InChI=1S/C38H37F2NO10.C24H27NO10.C8H11NO.CH5N.2CH4/c1-22-14-32-25(17-27(22)39)38(26-18-28(40)23(2)15-33(26)51-32)24-10-11-29(41(19-35(42)45-3)20-36(43)46-4)34(16-24)49-13-12-48-30-8-6-7-9-31(30)50-21-37(44)47-5;1-30-22(27)13-25(14-23(28)31-2)18-9-8-17(15-26)12-21(18)34-11-10-33-19-6-4-5-7-20(19)35-16-24(29)32-3;1-9(2)7-4-3-5-8(10)6-7;1-2;;/h6-11,14-18,38H,12-13,19-21H2,1-5H3;4-9,12,15H,10-11,13-14,16H2,1-3H3;3-6,10H,1-2H3;2H2,1H3;2*1H4. The average Bonchev–Trinajstić information content (AvgIpc) is 0.746. The van der Waals surface area contributed by atoms with Gasteiger partial charge >= 0.3 is 35.8 Å². The predicted octanol–water partition coefficient (Wildman–Crippen LogP) is 10.00. The predicted molar refractivity (Wildman–Crippen MR) is 370 cm³/mol. The molecule has 1 aliphatic heterocycles. The summed E-state index contributed by atoms with van der Waals surface area (Å²) in [5.74, 6) is -2.05. The van der Waals surface area contributed by atoms with Crippen LogP contribution in [0.1, 0.15) is 58.9 Å². The molecule has 8 rings (SSSR count). The molecule has 540 valence electrons. The largest absolute Gasteiger partial charge is 0.508 e. The van der Waals surface area contributed by atoms with Gasteiger partial charge in [0, 0.05) is 48.5 Å². The Hall–Kier alpha value is -11.4. The third-order valence-corrected chi connectivity index (χ3v) is 14.1. The number of nitrogens with zero attached hydrogens (tertiary/aromatic N) is 3. The molecule has 7 aromatic rings. The number of nitrogens with two attached hydrogens (primary N) is 1. The first kappa shape index (κ1) is 82.9. The number of methoxy groups -OCH3 is 6. The zero-order valence-corrected chi connectivity index (χ0v) is 56.2. The topological polar surface area (TPSA) is 295 Å². The molecule has 27 heteroatoms. The summed E-state index contributed by atoms with van der Waals surface area (Å²) in [5.41, 5.74) is 8.87. The van der Waals surface area contributed by atoms with E-state index in [1.54, 1.807) is 111 Å². The highest BCUT2D eigenvalue weighted by Crippen LogP contribution is 2.50. The van der Waals surface area contributed by atoms with Crippen LogP contribution < -0.4 is 53.6 Å². The quantitative estimate of drug-likeness (QED) is 0.0191. The number of hydrogen-bond donors (Lipinski definition) is 2. The summed E-state index contributed by atoms with van der Waals surface area (Å²) >= 11 is 0. The number of hydrogen-bond acceptors (Lipinski definition) is 25. The Kier molecular flexibility index (Phi) is 35.1. The number of aryl methyl sites for hydroxylation is 2. The van der Waals surface area contributed by atoms with E-state index < -0.39 is 53.4 Å². The SMILES string of the molecule is C.C.CN.CN(C)c1cccc(O)c1.COC(=O)COc1ccccc1OCCOc1cc(C2c3cc(F)c(C)cc3Oc3cc(C)c(F)cc32)ccc1N(CC(=O)OC)CC(=O)OC.COC(=O)COc1ccccc1OCCOc1cc(C=O)ccc1N(CC(=O)OC)CC(=O)OC. The minimum Gasteiger partial charge on any atom is -0.508 e. The van der Waals surface area contributed by atoms with Crippen LogP contribution in [0.25, 0.3) is 0 Å². The van der Waals surface area contributed by atoms with E-state index in [9.17, 15) is 33.6 Å². The number of carbonyl (C=O) groups is 7. The van der Waals surface area contributed by atoms with Gasteiger partial charge in [-0.1, -0.05) is 51.3 Å². The van der Waals surface area contributed by atoms with Gasteiger partial charge in [-0.2, -0.15) is 0 Å². The van der Waals surface area contributed by atoms with E-state index in [0.29, 0.717) is 91.3 Å². The van der Waals surface area contributed by atoms with Crippen molar-refractivity contribution in [3.05, 3.63) is 178 Å². The van der Waals surface area contributed by atoms with Gasteiger partial charge < -0.3 is 87.1 Å². The second-order valence-electron chi connectivity index (χ2n) is 20.8. The van der Waals surface area contributed by atoms with E-state index in [0.717, 1.165) is 5.69 Å². The molecule has 0 radical (unpaired) electrons. The third-order valence-electron chi connectivity index (χ3n) is 14.1. The molecule has 0 aliphatic carbocycles. The lowest BCUT2D eigenvalue weighted by Crippen LogP contribution is -2.36. The Morgan fingerprint density at radius 1 is 0.470 bits per heavy atom. The van der Waals surface area contributed by atoms with Crippen LogP contribution in [0.15, 0.2) is 133 Å². The van der Waals surface area contributed by atoms with E-state index in [2.05, 4.69) is 15.2 Å². The summed E-state index contributed by atoms with van der Waals surface area (Å²) < 4.78 is 99.3. The lowest BCUT2D eigenvalue weighted by Gasteiger charge is -2.31. The minimum atomic E-state index is -0.685. The molecule has 0 fully saturated rings. The molecule has 0 amide bonds. The number of rotatable bonds is 29. The smallest absolute Gasteiger partial charge is 0.343 e. The lowest BCUT2D eigenvalue weighted by molar-refractivity contribution is -0.143. The molecule has 0 saturated heterocycles. The summed E-state index contributed by atoms with van der Waals surface area (Å²) in [7, 11) is 12.8. The number of anilines is 3. The zero-order valence-electron chi connectivity index (χ0n) is 56.2. The van der Waals surface area contributed by atoms with E-state index in [-0.39, 0.29) is 92.2 Å². The molecule has 7 aromatic carbocycles. The van der Waals surface area contributed by atoms with E-state index >= 15 is 8.78 Å². The Morgan fingerprint density at radius 2 is 0.840 bits per heavy atom. The second kappa shape index (κ2) is 42.4. The molecule has 0 saturated carbocycles. The third kappa shape index (κ3) is 24.6. The van der Waals surface area contributed by atoms with E-state index in [1.165, 1.54) is 83.8 Å². The summed E-state index contributed by atoms with van der Waals surface area (Å²) in [6.45, 7) is 1.64. The lowest BCUT2D eigenvalue weighted by atomic mass is 9.81. The normalized spacial score (nSPS) is 10.5. The fourth-order valence-corrected chi connectivity index (χ4v) is 9.16. The number of halogens is 2. The monoisotopic (exact) mass is 1390 g/mol. The Morgan fingerprint density at radius 3 is 1.20 bits per heavy atom. The molecule has 0 aromatic heterocycles. The maximum atomic E-state index is 15.1. The Balaban J connectivity index is 0.000000458. The van der Waals surface area contributed by atoms with Crippen LogP contribution in [0.5, 0.6) is 51.7 Å². The van der Waals surface area contributed by atoms with Gasteiger partial charge in [0.05, 0.1) is 54.0 Å². The molecule has 0 unspecified atom stereocenters. The zero-order chi connectivity index (χ0) is 71.8. The molecule has 1 heterocycles. The van der Waals surface area contributed by atoms with Crippen LogP contribution in [0, 0.1) is 25.5 Å². The average molecular weight is 1400 g/mol. The maximum absolute atomic E-state index is 15.1. The number of esters is 6. The number of aldehydes is 1. The van der Waals surface area contributed by atoms with Crippen molar-refractivity contribution in [1.82, 2.24) is 0 Å². The minimum absolute atomic E-state index is 0. The molecule has 0 bridgehead atoms. The van der Waals surface area contributed by atoms with Crippen molar-refractivity contribution in [3.63, 3.8) is 0 Å². The number of aromatic hydroxyl groups is 1. The number of phenolic OH excluding ortho intramolecular Hbond substituents is 1. The molecule has 25 nitrogen and oxygen atoms in total. The second-order valence-corrected chi connectivity index (χ2v) is 20.8. The molecule has 1 aliphatic rings. The van der Waals surface area contributed by atoms with Crippen molar-refractivity contribution in [3.8, 4) is 51.7 Å². The first-order valence-corrected chi connectivity index (χ1v) is 30.0. The van der Waals surface area contributed by atoms with Crippen molar-refractivity contribution in [1.29, 1.82) is 0 Å². The van der Waals surface area contributed by atoms with Gasteiger partial charge in [-0.05, 0) is 129 Å². The fraction of sp³-hybridized carbons (Fsp3) is 0.329. The number of ether oxygens (including phenoxy) is 13. The summed E-state index contributed by atoms with van der Waals surface area (Å²) in [5, 5.41) is 9.04. The van der Waals surface area contributed by atoms with Crippen LogP contribution in [-0.4, -0.2) is 177 Å². The van der Waals surface area contributed by atoms with Crippen LogP contribution in [0.3, 0.4) is 0 Å². The van der Waals surface area contributed by atoms with Gasteiger partial charge in [-0.3, -0.25) is 24.0 Å². The first-order chi connectivity index (χ1) is 47.1. The van der Waals surface area contributed by atoms with Gasteiger partial charge in [-0.25, -0.2) is 18.4 Å². The summed E-state index contributed by atoms with van der Waals surface area (Å²) in [6, 6.07) is 36.3. The molecular formula is C73H88F2N4O21. The van der Waals surface area contributed by atoms with Crippen LogP contribution in [0.4, 0.5) is 25.8 Å². The van der Waals surface area contributed by atoms with Gasteiger partial charge in [0.15, 0.2) is 36.2 Å². The maximum Gasteiger partial charge on any atom is 0.343 e. The van der Waals surface area contributed by atoms with Gasteiger partial charge in [0.1, 0.15) is 99.3 Å². The highest BCUT2D eigenvalue weighted by atomic mass is 19.1. The summed E-state index contributed by atoms with van der Waals surface area (Å²) in [6.07, 6.45) is 0.646. The highest BCUT2D eigenvalue weighted by Gasteiger charge is 2.33. The molecule has 0 spiro atoms. The van der Waals surface area contributed by atoms with Crippen LogP contribution >= 0.6 is 0 Å². The van der Waals surface area contributed by atoms with E-state index in [1.807, 2.05) is 31.1 Å². The molecule has 0 atom stereocenters. The van der Waals surface area contributed by atoms with Gasteiger partial charge in [0.25, 0.3) is 0 Å². The Bertz CT molecular complexity index is 3740. The molecular weight excluding hydrogens is 1310 g/mol. The number of phenols is 1. The fourth-order valence-electron chi connectivity index (χ4n) is 9.16. The summed E-state index contributed by atoms with van der Waals surface area (Å²) in [4.78, 5) is 87.7. The van der Waals surface area contributed by atoms with Crippen LogP contribution in [0.2, 0.25) is 0 Å². The Labute approximate surface area is 580 Å². The molecule has 3 N–H and O–H groups in total. The highest BCUT2D eigenvalue weighted by molar-refractivity contribution is 5.85. The van der Waals surface area contributed by atoms with Gasteiger partial charge in [-0.15, -0.1) is 0 Å². The van der Waals surface area contributed by atoms with Crippen LogP contribution in [-0.2, 0) is 57.2 Å². The van der Waals surface area contributed by atoms with Crippen molar-refractivity contribution >= 4 is 59.2 Å². The number of carbonyl (C=O) groups excluding carboxylic acids is 7. The number of benzene rings is 7. The van der Waals surface area contributed by atoms with Crippen molar-refractivity contribution in [2.45, 2.75) is 34.6 Å². The van der Waals surface area contributed by atoms with Crippen molar-refractivity contribution in [2.24, 2.45) is 5.73 Å².